The Labute approximate surface area is 127 Å². The summed E-state index contributed by atoms with van der Waals surface area (Å²) in [4.78, 5) is 0. The zero-order chi connectivity index (χ0) is 12.7. The van der Waals surface area contributed by atoms with Crippen molar-refractivity contribution in [3.05, 3.63) is 25.6 Å². The van der Waals surface area contributed by atoms with Gasteiger partial charge in [0.1, 0.15) is 5.75 Å². The van der Waals surface area contributed by atoms with E-state index < -0.39 is 0 Å². The summed E-state index contributed by atoms with van der Waals surface area (Å²) < 4.78 is 8.61. The summed E-state index contributed by atoms with van der Waals surface area (Å²) in [5, 5.41) is 8.65. The van der Waals surface area contributed by atoms with Gasteiger partial charge in [0, 0.05) is 11.1 Å². The maximum Gasteiger partial charge on any atom is 0.147 e. The van der Waals surface area contributed by atoms with Crippen LogP contribution in [0, 0.1) is 0 Å². The molecule has 1 N–H and O–H groups in total. The van der Waals surface area contributed by atoms with Gasteiger partial charge in [0.2, 0.25) is 0 Å². The van der Waals surface area contributed by atoms with E-state index in [4.69, 9.17) is 9.84 Å². The largest absolute Gasteiger partial charge is 0.491 e. The molecule has 1 aromatic rings. The SMILES string of the molecule is OCCCCCCOc1c(Br)cc(Br)cc1Br. The summed E-state index contributed by atoms with van der Waals surface area (Å²) in [6.07, 6.45) is 4.04. The Hall–Kier alpha value is 0.420. The number of rotatable bonds is 7. The molecule has 0 aliphatic carbocycles. The first-order valence-electron chi connectivity index (χ1n) is 5.53. The normalized spacial score (nSPS) is 10.6. The second-order valence-corrected chi connectivity index (χ2v) is 6.31. The van der Waals surface area contributed by atoms with Crippen LogP contribution in [-0.4, -0.2) is 18.3 Å². The molecule has 0 amide bonds. The van der Waals surface area contributed by atoms with Crippen LogP contribution >= 0.6 is 47.8 Å². The molecule has 1 aromatic carbocycles. The standard InChI is InChI=1S/C12H15Br3O2/c13-9-7-10(14)12(11(15)8-9)17-6-4-2-1-3-5-16/h7-8,16H,1-6H2. The summed E-state index contributed by atoms with van der Waals surface area (Å²) in [7, 11) is 0. The number of halogens is 3. The molecule has 0 aliphatic heterocycles. The van der Waals surface area contributed by atoms with E-state index in [-0.39, 0.29) is 6.61 Å². The van der Waals surface area contributed by atoms with Crippen molar-refractivity contribution >= 4 is 47.8 Å². The van der Waals surface area contributed by atoms with E-state index in [0.717, 1.165) is 44.9 Å². The van der Waals surface area contributed by atoms with Crippen LogP contribution in [0.1, 0.15) is 25.7 Å². The van der Waals surface area contributed by atoms with Crippen LogP contribution in [0.15, 0.2) is 25.6 Å². The van der Waals surface area contributed by atoms with Crippen molar-refractivity contribution in [1.82, 2.24) is 0 Å². The van der Waals surface area contributed by atoms with Crippen molar-refractivity contribution in [2.24, 2.45) is 0 Å². The minimum Gasteiger partial charge on any atom is -0.491 e. The first kappa shape index (κ1) is 15.5. The predicted octanol–water partition coefficient (Wildman–Crippen LogP) is 4.91. The highest BCUT2D eigenvalue weighted by Gasteiger charge is 2.07. The zero-order valence-electron chi connectivity index (χ0n) is 9.39. The Balaban J connectivity index is 2.36. The van der Waals surface area contributed by atoms with Crippen molar-refractivity contribution in [1.29, 1.82) is 0 Å². The minimum absolute atomic E-state index is 0.282. The van der Waals surface area contributed by atoms with Gasteiger partial charge in [-0.05, 0) is 63.3 Å². The molecular weight excluding hydrogens is 416 g/mol. The Morgan fingerprint density at radius 1 is 0.941 bits per heavy atom. The molecule has 2 nitrogen and oxygen atoms in total. The van der Waals surface area contributed by atoms with E-state index >= 15 is 0 Å². The average Bonchev–Trinajstić information content (AvgIpc) is 2.26. The van der Waals surface area contributed by atoms with Crippen molar-refractivity contribution in [3.63, 3.8) is 0 Å². The molecule has 0 heterocycles. The van der Waals surface area contributed by atoms with E-state index in [1.807, 2.05) is 12.1 Å². The molecule has 0 spiro atoms. The molecule has 17 heavy (non-hydrogen) atoms. The maximum atomic E-state index is 8.65. The van der Waals surface area contributed by atoms with Gasteiger partial charge in [0.15, 0.2) is 0 Å². The van der Waals surface area contributed by atoms with Gasteiger partial charge in [-0.15, -0.1) is 0 Å². The molecule has 0 fully saturated rings. The predicted molar refractivity (Wildman–Crippen MR) is 80.6 cm³/mol. The Bertz CT molecular complexity index is 333. The highest BCUT2D eigenvalue weighted by Crippen LogP contribution is 2.36. The number of aliphatic hydroxyl groups excluding tert-OH is 1. The first-order chi connectivity index (χ1) is 8.15. The molecule has 0 bridgehead atoms. The molecule has 0 atom stereocenters. The smallest absolute Gasteiger partial charge is 0.147 e. The average molecular weight is 431 g/mol. The minimum atomic E-state index is 0.282. The maximum absolute atomic E-state index is 8.65. The summed E-state index contributed by atoms with van der Waals surface area (Å²) in [6, 6.07) is 3.93. The van der Waals surface area contributed by atoms with Crippen LogP contribution in [0.25, 0.3) is 0 Å². The Kier molecular flexibility index (Phi) is 7.75. The zero-order valence-corrected chi connectivity index (χ0v) is 14.1. The summed E-state index contributed by atoms with van der Waals surface area (Å²) >= 11 is 10.4. The second kappa shape index (κ2) is 8.51. The lowest BCUT2D eigenvalue weighted by atomic mass is 10.2. The van der Waals surface area contributed by atoms with Gasteiger partial charge in [-0.25, -0.2) is 0 Å². The Morgan fingerprint density at radius 3 is 2.12 bits per heavy atom. The van der Waals surface area contributed by atoms with E-state index in [1.165, 1.54) is 0 Å². The number of unbranched alkanes of at least 4 members (excludes halogenated alkanes) is 3. The summed E-state index contributed by atoms with van der Waals surface area (Å²) in [5.41, 5.74) is 0. The summed E-state index contributed by atoms with van der Waals surface area (Å²) in [5.74, 6) is 0.843. The van der Waals surface area contributed by atoms with Gasteiger partial charge in [0.05, 0.1) is 15.6 Å². The van der Waals surface area contributed by atoms with Crippen LogP contribution < -0.4 is 4.74 Å². The van der Waals surface area contributed by atoms with Crippen LogP contribution in [-0.2, 0) is 0 Å². The van der Waals surface area contributed by atoms with E-state index in [2.05, 4.69) is 47.8 Å². The number of ether oxygens (including phenoxy) is 1. The van der Waals surface area contributed by atoms with E-state index in [0.29, 0.717) is 6.61 Å². The first-order valence-corrected chi connectivity index (χ1v) is 7.91. The molecule has 0 aromatic heterocycles. The third-order valence-electron chi connectivity index (χ3n) is 2.26. The van der Waals surface area contributed by atoms with Gasteiger partial charge in [-0.3, -0.25) is 0 Å². The highest BCUT2D eigenvalue weighted by atomic mass is 79.9. The molecule has 96 valence electrons. The monoisotopic (exact) mass is 428 g/mol. The lowest BCUT2D eigenvalue weighted by molar-refractivity contribution is 0.272. The van der Waals surface area contributed by atoms with Crippen molar-refractivity contribution in [3.8, 4) is 5.75 Å². The quantitative estimate of drug-likeness (QED) is 0.623. The summed E-state index contributed by atoms with van der Waals surface area (Å²) in [6.45, 7) is 0.981. The second-order valence-electron chi connectivity index (χ2n) is 3.68. The topological polar surface area (TPSA) is 29.5 Å². The number of hydrogen-bond donors (Lipinski definition) is 1. The number of benzene rings is 1. The lowest BCUT2D eigenvalue weighted by Crippen LogP contribution is -1.99. The van der Waals surface area contributed by atoms with Gasteiger partial charge in [0.25, 0.3) is 0 Å². The number of aliphatic hydroxyl groups is 1. The van der Waals surface area contributed by atoms with Gasteiger partial charge in [-0.1, -0.05) is 22.4 Å². The fourth-order valence-electron chi connectivity index (χ4n) is 1.41. The van der Waals surface area contributed by atoms with E-state index in [9.17, 15) is 0 Å². The fraction of sp³-hybridized carbons (Fsp3) is 0.500. The van der Waals surface area contributed by atoms with Crippen LogP contribution in [0.3, 0.4) is 0 Å². The van der Waals surface area contributed by atoms with Crippen LogP contribution in [0.4, 0.5) is 0 Å². The third kappa shape index (κ3) is 5.73. The third-order valence-corrected chi connectivity index (χ3v) is 3.90. The molecule has 5 heteroatoms. The van der Waals surface area contributed by atoms with Crippen LogP contribution in [0.2, 0.25) is 0 Å². The molecule has 0 saturated carbocycles. The molecule has 0 unspecified atom stereocenters. The molecule has 0 aliphatic rings. The van der Waals surface area contributed by atoms with E-state index in [1.54, 1.807) is 0 Å². The molecule has 1 rings (SSSR count). The van der Waals surface area contributed by atoms with Gasteiger partial charge < -0.3 is 9.84 Å². The molecular formula is C12H15Br3O2. The van der Waals surface area contributed by atoms with Crippen molar-refractivity contribution < 1.29 is 9.84 Å². The number of hydrogen-bond acceptors (Lipinski definition) is 2. The van der Waals surface area contributed by atoms with Gasteiger partial charge in [-0.2, -0.15) is 0 Å². The lowest BCUT2D eigenvalue weighted by Gasteiger charge is -2.10. The molecule has 0 saturated heterocycles. The van der Waals surface area contributed by atoms with Gasteiger partial charge >= 0.3 is 0 Å². The Morgan fingerprint density at radius 2 is 1.53 bits per heavy atom. The molecule has 0 radical (unpaired) electrons. The van der Waals surface area contributed by atoms with Crippen molar-refractivity contribution in [2.45, 2.75) is 25.7 Å². The highest BCUT2D eigenvalue weighted by molar-refractivity contribution is 9.11. The fourth-order valence-corrected chi connectivity index (χ4v) is 3.90. The van der Waals surface area contributed by atoms with Crippen LogP contribution in [0.5, 0.6) is 5.75 Å². The van der Waals surface area contributed by atoms with Crippen molar-refractivity contribution in [2.75, 3.05) is 13.2 Å².